The molecule has 17 heavy (non-hydrogen) atoms. The number of nitrogen functional groups attached to an aromatic ring is 1. The van der Waals surface area contributed by atoms with E-state index in [9.17, 15) is 4.79 Å². The van der Waals surface area contributed by atoms with E-state index in [4.69, 9.17) is 15.2 Å². The molecule has 1 fully saturated rings. The van der Waals surface area contributed by atoms with Gasteiger partial charge in [0, 0.05) is 24.2 Å². The van der Waals surface area contributed by atoms with Crippen molar-refractivity contribution in [3.05, 3.63) is 24.3 Å². The van der Waals surface area contributed by atoms with Crippen LogP contribution >= 0.6 is 0 Å². The van der Waals surface area contributed by atoms with Gasteiger partial charge in [0.2, 0.25) is 0 Å². The first-order valence-electron chi connectivity index (χ1n) is 5.65. The Morgan fingerprint density at radius 1 is 1.29 bits per heavy atom. The Bertz CT molecular complexity index is 372. The van der Waals surface area contributed by atoms with Crippen molar-refractivity contribution in [3.63, 3.8) is 0 Å². The second kappa shape index (κ2) is 5.54. The summed E-state index contributed by atoms with van der Waals surface area (Å²) >= 11 is 0. The van der Waals surface area contributed by atoms with E-state index in [-0.39, 0.29) is 6.10 Å². The molecule has 1 saturated heterocycles. The van der Waals surface area contributed by atoms with E-state index in [1.807, 2.05) is 0 Å². The molecule has 0 unspecified atom stereocenters. The molecular formula is C12H16N2O3. The van der Waals surface area contributed by atoms with Crippen LogP contribution < -0.4 is 11.1 Å². The molecule has 0 saturated carbocycles. The van der Waals surface area contributed by atoms with Gasteiger partial charge in [-0.15, -0.1) is 0 Å². The van der Waals surface area contributed by atoms with Crippen LogP contribution in [-0.2, 0) is 9.47 Å². The highest BCUT2D eigenvalue weighted by molar-refractivity contribution is 5.84. The van der Waals surface area contributed by atoms with Gasteiger partial charge in [-0.25, -0.2) is 4.79 Å². The highest BCUT2D eigenvalue weighted by Gasteiger charge is 2.17. The van der Waals surface area contributed by atoms with Crippen molar-refractivity contribution in [3.8, 4) is 0 Å². The number of nitrogens with one attached hydrogen (secondary N) is 1. The van der Waals surface area contributed by atoms with Crippen LogP contribution in [0.3, 0.4) is 0 Å². The SMILES string of the molecule is Nc1ccc(NC(=O)OC2CCOCC2)cc1. The number of amides is 1. The molecule has 92 valence electrons. The normalized spacial score (nSPS) is 16.5. The van der Waals surface area contributed by atoms with E-state index in [0.29, 0.717) is 24.6 Å². The third kappa shape index (κ3) is 3.64. The number of hydrogen-bond donors (Lipinski definition) is 2. The molecule has 1 aromatic rings. The van der Waals surface area contributed by atoms with E-state index >= 15 is 0 Å². The average molecular weight is 236 g/mol. The number of anilines is 2. The number of carbonyl (C=O) groups excluding carboxylic acids is 1. The molecule has 1 aliphatic rings. The van der Waals surface area contributed by atoms with Gasteiger partial charge in [-0.2, -0.15) is 0 Å². The van der Waals surface area contributed by atoms with Gasteiger partial charge in [-0.1, -0.05) is 0 Å². The Morgan fingerprint density at radius 3 is 2.59 bits per heavy atom. The fourth-order valence-electron chi connectivity index (χ4n) is 1.66. The zero-order valence-corrected chi connectivity index (χ0v) is 9.52. The number of nitrogens with two attached hydrogens (primary N) is 1. The van der Waals surface area contributed by atoms with Crippen molar-refractivity contribution in [2.24, 2.45) is 0 Å². The first-order valence-corrected chi connectivity index (χ1v) is 5.65. The molecule has 3 N–H and O–H groups in total. The van der Waals surface area contributed by atoms with E-state index in [1.165, 1.54) is 0 Å². The van der Waals surface area contributed by atoms with Crippen LogP contribution in [0.4, 0.5) is 16.2 Å². The van der Waals surface area contributed by atoms with Gasteiger partial charge in [0.15, 0.2) is 0 Å². The summed E-state index contributed by atoms with van der Waals surface area (Å²) in [6.45, 7) is 1.31. The fourth-order valence-corrected chi connectivity index (χ4v) is 1.66. The van der Waals surface area contributed by atoms with Gasteiger partial charge < -0.3 is 15.2 Å². The predicted molar refractivity (Wildman–Crippen MR) is 64.8 cm³/mol. The average Bonchev–Trinajstić information content (AvgIpc) is 2.33. The Kier molecular flexibility index (Phi) is 3.82. The van der Waals surface area contributed by atoms with Crippen molar-refractivity contribution in [1.82, 2.24) is 0 Å². The molecule has 2 rings (SSSR count). The van der Waals surface area contributed by atoms with Gasteiger partial charge >= 0.3 is 6.09 Å². The van der Waals surface area contributed by atoms with E-state index in [1.54, 1.807) is 24.3 Å². The monoisotopic (exact) mass is 236 g/mol. The smallest absolute Gasteiger partial charge is 0.411 e. The molecule has 0 spiro atoms. The summed E-state index contributed by atoms with van der Waals surface area (Å²) in [5.74, 6) is 0. The number of hydrogen-bond acceptors (Lipinski definition) is 4. The first-order chi connectivity index (χ1) is 8.24. The standard InChI is InChI=1S/C12H16N2O3/c13-9-1-3-10(4-2-9)14-12(15)17-11-5-7-16-8-6-11/h1-4,11H,5-8,13H2,(H,14,15). The molecule has 0 atom stereocenters. The molecule has 5 heteroatoms. The summed E-state index contributed by atoms with van der Waals surface area (Å²) in [5, 5.41) is 2.66. The number of ether oxygens (including phenoxy) is 2. The summed E-state index contributed by atoms with van der Waals surface area (Å²) in [7, 11) is 0. The minimum atomic E-state index is -0.429. The fraction of sp³-hybridized carbons (Fsp3) is 0.417. The number of rotatable bonds is 2. The van der Waals surface area contributed by atoms with Crippen LogP contribution in [0.25, 0.3) is 0 Å². The van der Waals surface area contributed by atoms with Crippen LogP contribution in [0.2, 0.25) is 0 Å². The molecule has 1 amide bonds. The minimum absolute atomic E-state index is 0.0440. The molecule has 5 nitrogen and oxygen atoms in total. The molecule has 0 aromatic heterocycles. The van der Waals surface area contributed by atoms with E-state index in [0.717, 1.165) is 12.8 Å². The number of benzene rings is 1. The second-order valence-corrected chi connectivity index (χ2v) is 3.96. The third-order valence-corrected chi connectivity index (χ3v) is 2.60. The Hall–Kier alpha value is -1.75. The van der Waals surface area contributed by atoms with Gasteiger partial charge in [0.05, 0.1) is 13.2 Å². The zero-order chi connectivity index (χ0) is 12.1. The van der Waals surface area contributed by atoms with Crippen molar-refractivity contribution in [2.75, 3.05) is 24.3 Å². The highest BCUT2D eigenvalue weighted by atomic mass is 16.6. The maximum absolute atomic E-state index is 11.6. The molecule has 1 aliphatic heterocycles. The minimum Gasteiger partial charge on any atom is -0.446 e. The van der Waals surface area contributed by atoms with E-state index in [2.05, 4.69) is 5.32 Å². The van der Waals surface area contributed by atoms with Gasteiger partial charge in [0.1, 0.15) is 6.10 Å². The van der Waals surface area contributed by atoms with Crippen LogP contribution in [0.1, 0.15) is 12.8 Å². The van der Waals surface area contributed by atoms with E-state index < -0.39 is 6.09 Å². The predicted octanol–water partition coefficient (Wildman–Crippen LogP) is 2.00. The van der Waals surface area contributed by atoms with Crippen LogP contribution in [0.15, 0.2) is 24.3 Å². The first kappa shape index (κ1) is 11.7. The lowest BCUT2D eigenvalue weighted by Gasteiger charge is -2.22. The summed E-state index contributed by atoms with van der Waals surface area (Å²) in [6.07, 6.45) is 1.05. The van der Waals surface area contributed by atoms with Gasteiger partial charge in [0.25, 0.3) is 0 Å². The van der Waals surface area contributed by atoms with Crippen LogP contribution in [0, 0.1) is 0 Å². The van der Waals surface area contributed by atoms with Crippen LogP contribution in [-0.4, -0.2) is 25.4 Å². The molecule has 0 bridgehead atoms. The Morgan fingerprint density at radius 2 is 1.94 bits per heavy atom. The Balaban J connectivity index is 1.82. The largest absolute Gasteiger partial charge is 0.446 e. The van der Waals surface area contributed by atoms with Crippen molar-refractivity contribution in [1.29, 1.82) is 0 Å². The Labute approximate surface area is 99.9 Å². The summed E-state index contributed by atoms with van der Waals surface area (Å²) in [4.78, 5) is 11.6. The lowest BCUT2D eigenvalue weighted by Crippen LogP contribution is -2.28. The van der Waals surface area contributed by atoms with Crippen LogP contribution in [0.5, 0.6) is 0 Å². The second-order valence-electron chi connectivity index (χ2n) is 3.96. The van der Waals surface area contributed by atoms with Crippen molar-refractivity contribution in [2.45, 2.75) is 18.9 Å². The quantitative estimate of drug-likeness (QED) is 0.770. The molecule has 0 aliphatic carbocycles. The van der Waals surface area contributed by atoms with Gasteiger partial charge in [-0.3, -0.25) is 5.32 Å². The molecular weight excluding hydrogens is 220 g/mol. The topological polar surface area (TPSA) is 73.6 Å². The van der Waals surface area contributed by atoms with Gasteiger partial charge in [-0.05, 0) is 24.3 Å². The summed E-state index contributed by atoms with van der Waals surface area (Å²) in [6, 6.07) is 6.93. The molecule has 1 aromatic carbocycles. The van der Waals surface area contributed by atoms with Crippen molar-refractivity contribution >= 4 is 17.5 Å². The maximum Gasteiger partial charge on any atom is 0.411 e. The zero-order valence-electron chi connectivity index (χ0n) is 9.52. The highest BCUT2D eigenvalue weighted by Crippen LogP contribution is 2.14. The maximum atomic E-state index is 11.6. The molecule has 0 radical (unpaired) electrons. The lowest BCUT2D eigenvalue weighted by molar-refractivity contribution is 0.00592. The summed E-state index contributed by atoms with van der Waals surface area (Å²) in [5.41, 5.74) is 6.89. The summed E-state index contributed by atoms with van der Waals surface area (Å²) < 4.78 is 10.5. The number of carbonyl (C=O) groups is 1. The third-order valence-electron chi connectivity index (χ3n) is 2.60. The lowest BCUT2D eigenvalue weighted by atomic mass is 10.2. The van der Waals surface area contributed by atoms with Crippen molar-refractivity contribution < 1.29 is 14.3 Å². The molecule has 1 heterocycles.